The molecule has 2 nitrogen and oxygen atoms in total. The molecule has 2 rings (SSSR count). The van der Waals surface area contributed by atoms with E-state index in [-0.39, 0.29) is 5.54 Å². The van der Waals surface area contributed by atoms with Crippen molar-refractivity contribution in [3.8, 4) is 0 Å². The molecular weight excluding hydrogens is 198 g/mol. The number of β-amino-alcohol motifs (C(OH)–C–C–N with tert-alkyl or cyclic N) is 1. The number of nitrogens with one attached hydrogen (secondary N) is 1. The zero-order chi connectivity index (χ0) is 11.6. The van der Waals surface area contributed by atoms with E-state index in [0.717, 1.165) is 5.56 Å². The summed E-state index contributed by atoms with van der Waals surface area (Å²) in [6.45, 7) is 4.72. The Labute approximate surface area is 97.7 Å². The third kappa shape index (κ3) is 2.45. The van der Waals surface area contributed by atoms with Crippen LogP contribution in [0, 0.1) is 0 Å². The first kappa shape index (κ1) is 11.6. The second-order valence-corrected chi connectivity index (χ2v) is 5.41. The van der Waals surface area contributed by atoms with Crippen molar-refractivity contribution in [2.45, 2.75) is 44.2 Å². The molecular formula is C14H21NO. The molecule has 0 saturated heterocycles. The van der Waals surface area contributed by atoms with E-state index in [1.807, 2.05) is 37.3 Å². The van der Waals surface area contributed by atoms with Crippen molar-refractivity contribution in [3.05, 3.63) is 35.9 Å². The monoisotopic (exact) mass is 219 g/mol. The Bertz CT molecular complexity index is 341. The van der Waals surface area contributed by atoms with Gasteiger partial charge in [-0.15, -0.1) is 0 Å². The van der Waals surface area contributed by atoms with Crippen LogP contribution in [-0.2, 0) is 5.60 Å². The van der Waals surface area contributed by atoms with Crippen LogP contribution in [0.4, 0.5) is 0 Å². The van der Waals surface area contributed by atoms with Crippen molar-refractivity contribution in [2.75, 3.05) is 6.54 Å². The van der Waals surface area contributed by atoms with Crippen LogP contribution >= 0.6 is 0 Å². The first-order valence-corrected chi connectivity index (χ1v) is 6.05. The molecule has 1 unspecified atom stereocenters. The van der Waals surface area contributed by atoms with Gasteiger partial charge in [-0.3, -0.25) is 0 Å². The van der Waals surface area contributed by atoms with Gasteiger partial charge in [-0.05, 0) is 38.7 Å². The number of benzene rings is 1. The maximum Gasteiger partial charge on any atom is 0.0992 e. The fourth-order valence-corrected chi connectivity index (χ4v) is 2.17. The summed E-state index contributed by atoms with van der Waals surface area (Å²) >= 11 is 0. The maximum atomic E-state index is 10.4. The van der Waals surface area contributed by atoms with Gasteiger partial charge in [0.2, 0.25) is 0 Å². The predicted octanol–water partition coefficient (Wildman–Crippen LogP) is 2.43. The molecule has 1 saturated carbocycles. The van der Waals surface area contributed by atoms with Gasteiger partial charge in [-0.2, -0.15) is 0 Å². The van der Waals surface area contributed by atoms with Crippen molar-refractivity contribution in [1.82, 2.24) is 5.32 Å². The van der Waals surface area contributed by atoms with E-state index < -0.39 is 5.60 Å². The Morgan fingerprint density at radius 2 is 1.94 bits per heavy atom. The standard InChI is InChI=1S/C14H21NO/c1-13(9-6-10-13)15-11-14(2,16)12-7-4-3-5-8-12/h3-5,7-8,15-16H,6,9-11H2,1-2H3. The second-order valence-electron chi connectivity index (χ2n) is 5.41. The van der Waals surface area contributed by atoms with Gasteiger partial charge in [-0.25, -0.2) is 0 Å². The first-order valence-electron chi connectivity index (χ1n) is 6.05. The number of aliphatic hydroxyl groups is 1. The highest BCUT2D eigenvalue weighted by Gasteiger charge is 2.34. The van der Waals surface area contributed by atoms with Gasteiger partial charge < -0.3 is 10.4 Å². The molecule has 0 amide bonds. The Hall–Kier alpha value is -0.860. The minimum Gasteiger partial charge on any atom is -0.384 e. The highest BCUT2D eigenvalue weighted by atomic mass is 16.3. The molecule has 0 aliphatic heterocycles. The van der Waals surface area contributed by atoms with E-state index in [4.69, 9.17) is 0 Å². The minimum absolute atomic E-state index is 0.249. The van der Waals surface area contributed by atoms with Crippen LogP contribution in [-0.4, -0.2) is 17.2 Å². The third-order valence-corrected chi connectivity index (χ3v) is 3.71. The molecule has 1 atom stereocenters. The zero-order valence-corrected chi connectivity index (χ0v) is 10.2. The van der Waals surface area contributed by atoms with Gasteiger partial charge in [0.15, 0.2) is 0 Å². The number of hydrogen-bond donors (Lipinski definition) is 2. The van der Waals surface area contributed by atoms with Crippen molar-refractivity contribution in [3.63, 3.8) is 0 Å². The molecule has 1 aliphatic carbocycles. The van der Waals surface area contributed by atoms with Crippen molar-refractivity contribution in [1.29, 1.82) is 0 Å². The van der Waals surface area contributed by atoms with Gasteiger partial charge >= 0.3 is 0 Å². The SMILES string of the molecule is CC1(NCC(C)(O)c2ccccc2)CCC1. The fraction of sp³-hybridized carbons (Fsp3) is 0.571. The highest BCUT2D eigenvalue weighted by Crippen LogP contribution is 2.32. The largest absolute Gasteiger partial charge is 0.384 e. The summed E-state index contributed by atoms with van der Waals surface area (Å²) < 4.78 is 0. The molecule has 0 spiro atoms. The van der Waals surface area contributed by atoms with Gasteiger partial charge in [-0.1, -0.05) is 30.3 Å². The molecule has 1 aliphatic rings. The summed E-state index contributed by atoms with van der Waals surface area (Å²) in [5, 5.41) is 13.9. The summed E-state index contributed by atoms with van der Waals surface area (Å²) in [5.74, 6) is 0. The molecule has 1 aromatic carbocycles. The molecule has 0 radical (unpaired) electrons. The summed E-state index contributed by atoms with van der Waals surface area (Å²) in [6.07, 6.45) is 3.74. The van der Waals surface area contributed by atoms with Crippen LogP contribution in [0.1, 0.15) is 38.7 Å². The first-order chi connectivity index (χ1) is 7.52. The maximum absolute atomic E-state index is 10.4. The quantitative estimate of drug-likeness (QED) is 0.815. The lowest BCUT2D eigenvalue weighted by Gasteiger charge is -2.41. The van der Waals surface area contributed by atoms with E-state index in [2.05, 4.69) is 12.2 Å². The fourth-order valence-electron chi connectivity index (χ4n) is 2.17. The second kappa shape index (κ2) is 4.19. The topological polar surface area (TPSA) is 32.3 Å². The molecule has 88 valence electrons. The Kier molecular flexibility index (Phi) is 3.04. The molecule has 0 aromatic heterocycles. The van der Waals surface area contributed by atoms with Crippen LogP contribution < -0.4 is 5.32 Å². The minimum atomic E-state index is -0.778. The van der Waals surface area contributed by atoms with Gasteiger partial charge in [0.25, 0.3) is 0 Å². The van der Waals surface area contributed by atoms with E-state index in [9.17, 15) is 5.11 Å². The summed E-state index contributed by atoms with van der Waals surface area (Å²) in [4.78, 5) is 0. The zero-order valence-electron chi connectivity index (χ0n) is 10.2. The van der Waals surface area contributed by atoms with Gasteiger partial charge in [0.1, 0.15) is 0 Å². The van der Waals surface area contributed by atoms with Gasteiger partial charge in [0, 0.05) is 12.1 Å². The summed E-state index contributed by atoms with van der Waals surface area (Å²) in [6, 6.07) is 9.86. The van der Waals surface area contributed by atoms with Crippen LogP contribution in [0.25, 0.3) is 0 Å². The molecule has 0 heterocycles. The molecule has 2 heteroatoms. The summed E-state index contributed by atoms with van der Waals surface area (Å²) in [7, 11) is 0. The van der Waals surface area contributed by atoms with Crippen LogP contribution in [0.2, 0.25) is 0 Å². The van der Waals surface area contributed by atoms with Crippen molar-refractivity contribution >= 4 is 0 Å². The lowest BCUT2D eigenvalue weighted by Crippen LogP contribution is -2.52. The van der Waals surface area contributed by atoms with Gasteiger partial charge in [0.05, 0.1) is 5.60 Å². The average Bonchev–Trinajstić information content (AvgIpc) is 2.25. The van der Waals surface area contributed by atoms with E-state index in [0.29, 0.717) is 6.54 Å². The van der Waals surface area contributed by atoms with E-state index in [1.165, 1.54) is 19.3 Å². The Morgan fingerprint density at radius 3 is 2.44 bits per heavy atom. The van der Waals surface area contributed by atoms with Crippen molar-refractivity contribution < 1.29 is 5.11 Å². The van der Waals surface area contributed by atoms with Crippen LogP contribution in [0.3, 0.4) is 0 Å². The van der Waals surface area contributed by atoms with Crippen LogP contribution in [0.5, 0.6) is 0 Å². The summed E-state index contributed by atoms with van der Waals surface area (Å²) in [5.41, 5.74) is 0.448. The number of hydrogen-bond acceptors (Lipinski definition) is 2. The molecule has 1 aromatic rings. The Morgan fingerprint density at radius 1 is 1.31 bits per heavy atom. The smallest absolute Gasteiger partial charge is 0.0992 e. The lowest BCUT2D eigenvalue weighted by atomic mass is 9.78. The highest BCUT2D eigenvalue weighted by molar-refractivity contribution is 5.22. The Balaban J connectivity index is 1.97. The van der Waals surface area contributed by atoms with Crippen molar-refractivity contribution in [2.24, 2.45) is 0 Å². The molecule has 1 fully saturated rings. The normalized spacial score (nSPS) is 22.2. The van der Waals surface area contributed by atoms with E-state index in [1.54, 1.807) is 0 Å². The molecule has 0 bridgehead atoms. The number of rotatable bonds is 4. The predicted molar refractivity (Wildman–Crippen MR) is 66.3 cm³/mol. The lowest BCUT2D eigenvalue weighted by molar-refractivity contribution is 0.0392. The molecule has 16 heavy (non-hydrogen) atoms. The van der Waals surface area contributed by atoms with E-state index >= 15 is 0 Å². The average molecular weight is 219 g/mol. The van der Waals surface area contributed by atoms with Crippen LogP contribution in [0.15, 0.2) is 30.3 Å². The molecule has 2 N–H and O–H groups in total. The third-order valence-electron chi connectivity index (χ3n) is 3.71.